The van der Waals surface area contributed by atoms with Crippen LogP contribution in [0.3, 0.4) is 0 Å². The molecule has 0 unspecified atom stereocenters. The fraction of sp³-hybridized carbons (Fsp3) is 0.917. The number of likely N-dealkylation sites (N-methyl/N-ethyl adjacent to an activating group) is 1. The van der Waals surface area contributed by atoms with Gasteiger partial charge in [0, 0.05) is 39.6 Å². The van der Waals surface area contributed by atoms with Crippen LogP contribution in [-0.2, 0) is 4.79 Å². The first-order chi connectivity index (χ1) is 6.79. The topological polar surface area (TPSA) is 23.6 Å². The molecule has 88 valence electrons. The summed E-state index contributed by atoms with van der Waals surface area (Å²) in [5.41, 5.74) is 0.351. The standard InChI is InChI=1S/C12H24N2O/c1-10(15)13(5)11-6-7-14(8-11)9-12(2,3)4/h11H,6-9H2,1-5H3/t11-/m0/s1. The van der Waals surface area contributed by atoms with Crippen LogP contribution in [0.15, 0.2) is 0 Å². The molecular formula is C12H24N2O. The van der Waals surface area contributed by atoms with Gasteiger partial charge in [-0.3, -0.25) is 4.79 Å². The minimum atomic E-state index is 0.178. The molecule has 1 amide bonds. The van der Waals surface area contributed by atoms with Gasteiger partial charge in [0.2, 0.25) is 5.91 Å². The Bertz CT molecular complexity index is 232. The van der Waals surface area contributed by atoms with E-state index in [9.17, 15) is 4.79 Å². The van der Waals surface area contributed by atoms with E-state index in [2.05, 4.69) is 25.7 Å². The van der Waals surface area contributed by atoms with Gasteiger partial charge < -0.3 is 9.80 Å². The molecule has 3 nitrogen and oxygen atoms in total. The summed E-state index contributed by atoms with van der Waals surface area (Å²) >= 11 is 0. The molecule has 0 N–H and O–H groups in total. The Hall–Kier alpha value is -0.570. The van der Waals surface area contributed by atoms with Gasteiger partial charge in [0.1, 0.15) is 0 Å². The second-order valence-corrected chi connectivity index (χ2v) is 5.87. The second-order valence-electron chi connectivity index (χ2n) is 5.87. The van der Waals surface area contributed by atoms with Gasteiger partial charge in [-0.25, -0.2) is 0 Å². The maximum Gasteiger partial charge on any atom is 0.219 e. The zero-order chi connectivity index (χ0) is 11.6. The molecule has 1 saturated heterocycles. The highest BCUT2D eigenvalue weighted by Gasteiger charge is 2.28. The molecule has 15 heavy (non-hydrogen) atoms. The Kier molecular flexibility index (Phi) is 3.77. The largest absolute Gasteiger partial charge is 0.342 e. The second kappa shape index (κ2) is 4.52. The number of likely N-dealkylation sites (tertiary alicyclic amines) is 1. The van der Waals surface area contributed by atoms with Gasteiger partial charge in [0.25, 0.3) is 0 Å². The Morgan fingerprint density at radius 1 is 1.47 bits per heavy atom. The number of amides is 1. The van der Waals surface area contributed by atoms with Crippen molar-refractivity contribution in [1.82, 2.24) is 9.80 Å². The summed E-state index contributed by atoms with van der Waals surface area (Å²) in [7, 11) is 1.91. The molecule has 1 atom stereocenters. The SMILES string of the molecule is CC(=O)N(C)[C@H]1CCN(CC(C)(C)C)C1. The van der Waals surface area contributed by atoms with Crippen molar-refractivity contribution in [2.75, 3.05) is 26.7 Å². The molecular weight excluding hydrogens is 188 g/mol. The zero-order valence-electron chi connectivity index (χ0n) is 10.7. The number of hydrogen-bond donors (Lipinski definition) is 0. The summed E-state index contributed by atoms with van der Waals surface area (Å²) in [5.74, 6) is 0.178. The van der Waals surface area contributed by atoms with E-state index in [1.165, 1.54) is 0 Å². The smallest absolute Gasteiger partial charge is 0.219 e. The van der Waals surface area contributed by atoms with Crippen LogP contribution in [0, 0.1) is 5.41 Å². The Labute approximate surface area is 93.4 Å². The molecule has 1 fully saturated rings. The van der Waals surface area contributed by atoms with Crippen LogP contribution in [-0.4, -0.2) is 48.4 Å². The van der Waals surface area contributed by atoms with Gasteiger partial charge in [0.15, 0.2) is 0 Å². The van der Waals surface area contributed by atoms with Crippen LogP contribution in [0.25, 0.3) is 0 Å². The van der Waals surface area contributed by atoms with Crippen LogP contribution in [0.5, 0.6) is 0 Å². The minimum absolute atomic E-state index is 0.178. The van der Waals surface area contributed by atoms with Crippen molar-refractivity contribution in [2.45, 2.75) is 40.2 Å². The van der Waals surface area contributed by atoms with Crippen molar-refractivity contribution in [3.05, 3.63) is 0 Å². The molecule has 1 aliphatic rings. The molecule has 1 rings (SSSR count). The molecule has 0 saturated carbocycles. The van der Waals surface area contributed by atoms with Gasteiger partial charge in [-0.15, -0.1) is 0 Å². The predicted molar refractivity (Wildman–Crippen MR) is 62.7 cm³/mol. The third-order valence-corrected chi connectivity index (χ3v) is 2.99. The molecule has 0 spiro atoms. The summed E-state index contributed by atoms with van der Waals surface area (Å²) < 4.78 is 0. The van der Waals surface area contributed by atoms with Crippen molar-refractivity contribution in [2.24, 2.45) is 5.41 Å². The van der Waals surface area contributed by atoms with E-state index < -0.39 is 0 Å². The van der Waals surface area contributed by atoms with E-state index in [0.29, 0.717) is 11.5 Å². The number of hydrogen-bond acceptors (Lipinski definition) is 2. The Balaban J connectivity index is 2.42. The van der Waals surface area contributed by atoms with Crippen LogP contribution in [0.1, 0.15) is 34.1 Å². The molecule has 0 aromatic heterocycles. The summed E-state index contributed by atoms with van der Waals surface area (Å²) in [4.78, 5) is 15.6. The molecule has 0 aromatic carbocycles. The highest BCUT2D eigenvalue weighted by Crippen LogP contribution is 2.21. The Morgan fingerprint density at radius 3 is 2.53 bits per heavy atom. The molecule has 1 aliphatic heterocycles. The molecule has 0 bridgehead atoms. The fourth-order valence-electron chi connectivity index (χ4n) is 2.20. The average molecular weight is 212 g/mol. The van der Waals surface area contributed by atoms with E-state index in [1.807, 2.05) is 11.9 Å². The summed E-state index contributed by atoms with van der Waals surface area (Å²) in [6, 6.07) is 0.421. The maximum absolute atomic E-state index is 11.2. The lowest BCUT2D eigenvalue weighted by atomic mass is 9.96. The predicted octanol–water partition coefficient (Wildman–Crippen LogP) is 1.59. The molecule has 0 aromatic rings. The quantitative estimate of drug-likeness (QED) is 0.694. The van der Waals surface area contributed by atoms with Crippen molar-refractivity contribution >= 4 is 5.91 Å². The molecule has 1 heterocycles. The molecule has 0 aliphatic carbocycles. The van der Waals surface area contributed by atoms with Gasteiger partial charge in [0.05, 0.1) is 0 Å². The highest BCUT2D eigenvalue weighted by atomic mass is 16.2. The highest BCUT2D eigenvalue weighted by molar-refractivity contribution is 5.73. The van der Waals surface area contributed by atoms with Crippen molar-refractivity contribution in [3.8, 4) is 0 Å². The van der Waals surface area contributed by atoms with Crippen LogP contribution in [0.4, 0.5) is 0 Å². The lowest BCUT2D eigenvalue weighted by Gasteiger charge is -2.27. The summed E-state index contributed by atoms with van der Waals surface area (Å²) in [5, 5.41) is 0. The number of nitrogens with zero attached hydrogens (tertiary/aromatic N) is 2. The monoisotopic (exact) mass is 212 g/mol. The van der Waals surface area contributed by atoms with Crippen molar-refractivity contribution in [1.29, 1.82) is 0 Å². The minimum Gasteiger partial charge on any atom is -0.342 e. The van der Waals surface area contributed by atoms with Gasteiger partial charge in [-0.05, 0) is 11.8 Å². The maximum atomic E-state index is 11.2. The normalized spacial score (nSPS) is 23.1. The number of rotatable bonds is 2. The van der Waals surface area contributed by atoms with E-state index in [4.69, 9.17) is 0 Å². The third-order valence-electron chi connectivity index (χ3n) is 2.99. The van der Waals surface area contributed by atoms with E-state index in [0.717, 1.165) is 26.1 Å². The van der Waals surface area contributed by atoms with Crippen LogP contribution >= 0.6 is 0 Å². The summed E-state index contributed by atoms with van der Waals surface area (Å²) in [6.07, 6.45) is 1.12. The average Bonchev–Trinajstić information content (AvgIpc) is 2.48. The van der Waals surface area contributed by atoms with E-state index in [-0.39, 0.29) is 5.91 Å². The van der Waals surface area contributed by atoms with Crippen molar-refractivity contribution in [3.63, 3.8) is 0 Å². The Morgan fingerprint density at radius 2 is 2.07 bits per heavy atom. The van der Waals surface area contributed by atoms with Gasteiger partial charge in [-0.2, -0.15) is 0 Å². The van der Waals surface area contributed by atoms with Gasteiger partial charge in [-0.1, -0.05) is 20.8 Å². The third kappa shape index (κ3) is 3.82. The summed E-state index contributed by atoms with van der Waals surface area (Å²) in [6.45, 7) is 11.7. The van der Waals surface area contributed by atoms with Crippen molar-refractivity contribution < 1.29 is 4.79 Å². The first-order valence-corrected chi connectivity index (χ1v) is 5.75. The van der Waals surface area contributed by atoms with Gasteiger partial charge >= 0.3 is 0 Å². The van der Waals surface area contributed by atoms with E-state index >= 15 is 0 Å². The molecule has 0 radical (unpaired) electrons. The lowest BCUT2D eigenvalue weighted by molar-refractivity contribution is -0.129. The van der Waals surface area contributed by atoms with Crippen LogP contribution < -0.4 is 0 Å². The molecule has 3 heteroatoms. The van der Waals surface area contributed by atoms with Crippen LogP contribution in [0.2, 0.25) is 0 Å². The number of carbonyl (C=O) groups excluding carboxylic acids is 1. The number of carbonyl (C=O) groups is 1. The first kappa shape index (κ1) is 12.5. The first-order valence-electron chi connectivity index (χ1n) is 5.75. The van der Waals surface area contributed by atoms with E-state index in [1.54, 1.807) is 6.92 Å². The zero-order valence-corrected chi connectivity index (χ0v) is 10.7. The fourth-order valence-corrected chi connectivity index (χ4v) is 2.20. The lowest BCUT2D eigenvalue weighted by Crippen LogP contribution is -2.39.